The molecule has 0 aromatic heterocycles. The Hall–Kier alpha value is -0.410. The van der Waals surface area contributed by atoms with Gasteiger partial charge >= 0.3 is 0 Å². The van der Waals surface area contributed by atoms with Crippen LogP contribution in [0.4, 0.5) is 0 Å². The van der Waals surface area contributed by atoms with Crippen LogP contribution in [0.5, 0.6) is 0 Å². The largest absolute Gasteiger partial charge is 0.378 e. The van der Waals surface area contributed by atoms with Crippen LogP contribution in [0.2, 0.25) is 0 Å². The van der Waals surface area contributed by atoms with Crippen molar-refractivity contribution in [2.24, 2.45) is 0 Å². The minimum absolute atomic E-state index is 0.146. The predicted molar refractivity (Wildman–Crippen MR) is 54.3 cm³/mol. The molecule has 80 valence electrons. The highest BCUT2D eigenvalue weighted by atomic mass is 16.5. The predicted octanol–water partition coefficient (Wildman–Crippen LogP) is 1.22. The number of ether oxygens (including phenoxy) is 1. The van der Waals surface area contributed by atoms with E-state index >= 15 is 0 Å². The van der Waals surface area contributed by atoms with Gasteiger partial charge in [-0.25, -0.2) is 0 Å². The molecule has 1 heterocycles. The molecule has 3 nitrogen and oxygen atoms in total. The molecular weight excluding hydrogens is 178 g/mol. The van der Waals surface area contributed by atoms with Gasteiger partial charge in [-0.2, -0.15) is 0 Å². The maximum Gasteiger partial charge on any atom is 0.122 e. The van der Waals surface area contributed by atoms with E-state index in [-0.39, 0.29) is 5.60 Å². The molecule has 2 aliphatic rings. The van der Waals surface area contributed by atoms with Crippen molar-refractivity contribution in [2.45, 2.75) is 43.7 Å². The van der Waals surface area contributed by atoms with E-state index in [9.17, 15) is 4.79 Å². The molecule has 0 aromatic rings. The van der Waals surface area contributed by atoms with Crippen LogP contribution in [0.15, 0.2) is 0 Å². The number of carbonyl (C=O) groups excluding carboxylic acids is 1. The first-order valence-corrected chi connectivity index (χ1v) is 5.52. The quantitative estimate of drug-likeness (QED) is 0.635. The van der Waals surface area contributed by atoms with Gasteiger partial charge in [0.15, 0.2) is 0 Å². The Morgan fingerprint density at radius 2 is 2.07 bits per heavy atom. The number of aldehydes is 1. The number of hydrogen-bond donors (Lipinski definition) is 0. The Bertz CT molecular complexity index is 205. The summed E-state index contributed by atoms with van der Waals surface area (Å²) in [7, 11) is 1.73. The summed E-state index contributed by atoms with van der Waals surface area (Å²) in [4.78, 5) is 13.1. The summed E-state index contributed by atoms with van der Waals surface area (Å²) >= 11 is 0. The van der Waals surface area contributed by atoms with Crippen LogP contribution >= 0.6 is 0 Å². The lowest BCUT2D eigenvalue weighted by Gasteiger charge is -2.40. The first-order chi connectivity index (χ1) is 6.79. The number of hydrogen-bond acceptors (Lipinski definition) is 3. The van der Waals surface area contributed by atoms with E-state index < -0.39 is 0 Å². The zero-order valence-electron chi connectivity index (χ0n) is 8.87. The summed E-state index contributed by atoms with van der Waals surface area (Å²) in [6.45, 7) is 2.21. The van der Waals surface area contributed by atoms with Crippen molar-refractivity contribution >= 4 is 6.29 Å². The molecular formula is C11H19NO2. The van der Waals surface area contributed by atoms with Gasteiger partial charge in [-0.15, -0.1) is 0 Å². The third-order valence-electron chi connectivity index (χ3n) is 3.66. The first-order valence-electron chi connectivity index (χ1n) is 5.52. The second-order valence-electron chi connectivity index (χ2n) is 4.53. The number of carbonyl (C=O) groups is 1. The summed E-state index contributed by atoms with van der Waals surface area (Å²) in [5.74, 6) is 0. The molecule has 0 radical (unpaired) electrons. The summed E-state index contributed by atoms with van der Waals surface area (Å²) in [6.07, 6.45) is 6.32. The maximum atomic E-state index is 10.6. The van der Waals surface area contributed by atoms with Crippen molar-refractivity contribution in [1.82, 2.24) is 4.90 Å². The number of rotatable bonds is 4. The summed E-state index contributed by atoms with van der Waals surface area (Å²) in [5, 5.41) is 0. The third kappa shape index (κ3) is 1.98. The monoisotopic (exact) mass is 197 g/mol. The van der Waals surface area contributed by atoms with E-state index in [1.54, 1.807) is 7.11 Å². The Labute approximate surface area is 85.4 Å². The molecule has 0 unspecified atom stereocenters. The minimum atomic E-state index is -0.146. The fourth-order valence-corrected chi connectivity index (χ4v) is 2.38. The van der Waals surface area contributed by atoms with Crippen LogP contribution in [-0.2, 0) is 9.53 Å². The van der Waals surface area contributed by atoms with Crippen LogP contribution in [0.3, 0.4) is 0 Å². The lowest BCUT2D eigenvalue weighted by atomic mass is 9.88. The van der Waals surface area contributed by atoms with E-state index in [0.29, 0.717) is 6.42 Å². The van der Waals surface area contributed by atoms with Crippen molar-refractivity contribution in [2.75, 3.05) is 20.2 Å². The van der Waals surface area contributed by atoms with E-state index in [1.807, 2.05) is 0 Å². The highest BCUT2D eigenvalue weighted by molar-refractivity contribution is 5.51. The second-order valence-corrected chi connectivity index (χ2v) is 4.53. The lowest BCUT2D eigenvalue weighted by molar-refractivity contribution is -0.117. The van der Waals surface area contributed by atoms with E-state index in [1.165, 1.54) is 12.8 Å². The summed E-state index contributed by atoms with van der Waals surface area (Å²) in [6, 6.07) is 0.848. The fraction of sp³-hybridized carbons (Fsp3) is 0.909. The van der Waals surface area contributed by atoms with Gasteiger partial charge in [-0.05, 0) is 25.7 Å². The molecule has 2 rings (SSSR count). The Kier molecular flexibility index (Phi) is 2.88. The normalized spacial score (nSPS) is 27.5. The minimum Gasteiger partial charge on any atom is -0.378 e. The molecule has 0 spiro atoms. The van der Waals surface area contributed by atoms with E-state index in [4.69, 9.17) is 4.74 Å². The summed E-state index contributed by atoms with van der Waals surface area (Å²) < 4.78 is 5.51. The van der Waals surface area contributed by atoms with Crippen LogP contribution in [-0.4, -0.2) is 43.0 Å². The van der Waals surface area contributed by atoms with E-state index in [0.717, 1.165) is 38.3 Å². The maximum absolute atomic E-state index is 10.6. The van der Waals surface area contributed by atoms with Crippen molar-refractivity contribution in [1.29, 1.82) is 0 Å². The molecule has 1 saturated heterocycles. The smallest absolute Gasteiger partial charge is 0.122 e. The molecule has 14 heavy (non-hydrogen) atoms. The first kappa shape index (κ1) is 10.1. The molecule has 0 amide bonds. The van der Waals surface area contributed by atoms with Crippen molar-refractivity contribution in [3.05, 3.63) is 0 Å². The highest BCUT2D eigenvalue weighted by Crippen LogP contribution is 2.34. The molecule has 3 heteroatoms. The molecule has 2 fully saturated rings. The van der Waals surface area contributed by atoms with Gasteiger partial charge < -0.3 is 14.4 Å². The molecule has 0 N–H and O–H groups in total. The number of piperidine rings is 1. The van der Waals surface area contributed by atoms with Crippen molar-refractivity contribution in [3.63, 3.8) is 0 Å². The standard InChI is InChI=1S/C11H19NO2/c1-14-11(6-9-13)4-7-12(8-5-11)10-2-3-10/h9-10H,2-8H2,1H3. The van der Waals surface area contributed by atoms with Crippen LogP contribution in [0, 0.1) is 0 Å². The molecule has 0 atom stereocenters. The van der Waals surface area contributed by atoms with Gasteiger partial charge in [-0.1, -0.05) is 0 Å². The van der Waals surface area contributed by atoms with Gasteiger partial charge in [-0.3, -0.25) is 0 Å². The Morgan fingerprint density at radius 3 is 2.50 bits per heavy atom. The zero-order chi connectivity index (χ0) is 10.0. The van der Waals surface area contributed by atoms with Crippen LogP contribution < -0.4 is 0 Å². The Balaban J connectivity index is 1.87. The molecule has 0 bridgehead atoms. The van der Waals surface area contributed by atoms with Gasteiger partial charge in [0.05, 0.1) is 5.60 Å². The van der Waals surface area contributed by atoms with Gasteiger partial charge in [0.2, 0.25) is 0 Å². The number of nitrogens with zero attached hydrogens (tertiary/aromatic N) is 1. The third-order valence-corrected chi connectivity index (χ3v) is 3.66. The zero-order valence-corrected chi connectivity index (χ0v) is 8.87. The molecule has 0 aromatic carbocycles. The van der Waals surface area contributed by atoms with Gasteiger partial charge in [0, 0.05) is 32.7 Å². The van der Waals surface area contributed by atoms with Gasteiger partial charge in [0.1, 0.15) is 6.29 Å². The van der Waals surface area contributed by atoms with Crippen molar-refractivity contribution in [3.8, 4) is 0 Å². The molecule has 1 aliphatic carbocycles. The number of likely N-dealkylation sites (tertiary alicyclic amines) is 1. The molecule has 1 saturated carbocycles. The second kappa shape index (κ2) is 3.99. The number of methoxy groups -OCH3 is 1. The van der Waals surface area contributed by atoms with E-state index in [2.05, 4.69) is 4.90 Å². The Morgan fingerprint density at radius 1 is 1.43 bits per heavy atom. The van der Waals surface area contributed by atoms with Gasteiger partial charge in [0.25, 0.3) is 0 Å². The fourth-order valence-electron chi connectivity index (χ4n) is 2.38. The topological polar surface area (TPSA) is 29.5 Å². The van der Waals surface area contributed by atoms with Crippen molar-refractivity contribution < 1.29 is 9.53 Å². The lowest BCUT2D eigenvalue weighted by Crippen LogP contribution is -2.46. The summed E-state index contributed by atoms with van der Waals surface area (Å²) in [5.41, 5.74) is -0.146. The molecule has 1 aliphatic heterocycles. The average molecular weight is 197 g/mol. The van der Waals surface area contributed by atoms with Crippen LogP contribution in [0.1, 0.15) is 32.1 Å². The van der Waals surface area contributed by atoms with Crippen LogP contribution in [0.25, 0.3) is 0 Å². The average Bonchev–Trinajstić information content (AvgIpc) is 3.03. The highest BCUT2D eigenvalue weighted by Gasteiger charge is 2.38. The SMILES string of the molecule is COC1(CC=O)CCN(C2CC2)CC1.